The summed E-state index contributed by atoms with van der Waals surface area (Å²) in [7, 11) is 0. The Hall–Kier alpha value is -1.78. The molecule has 0 bridgehead atoms. The maximum Gasteiger partial charge on any atom is 0.325 e. The van der Waals surface area contributed by atoms with Crippen molar-refractivity contribution >= 4 is 12.0 Å². The quantitative estimate of drug-likeness (QED) is 0.335. The van der Waals surface area contributed by atoms with Crippen molar-refractivity contribution < 1.29 is 14.3 Å². The SMILES string of the molecule is C=CCN(CC(=O)OCCCC)C(=O)N(CC=C)CC1CC1. The van der Waals surface area contributed by atoms with Crippen LogP contribution in [0, 0.1) is 5.92 Å². The lowest BCUT2D eigenvalue weighted by Crippen LogP contribution is -2.46. The normalized spacial score (nSPS) is 13.3. The van der Waals surface area contributed by atoms with Crippen molar-refractivity contribution in [3.8, 4) is 0 Å². The first-order chi connectivity index (χ1) is 10.6. The van der Waals surface area contributed by atoms with E-state index in [0.29, 0.717) is 25.6 Å². The summed E-state index contributed by atoms with van der Waals surface area (Å²) in [4.78, 5) is 27.7. The highest BCUT2D eigenvalue weighted by atomic mass is 16.5. The number of unbranched alkanes of at least 4 members (excludes halogenated alkanes) is 1. The molecular weight excluding hydrogens is 280 g/mol. The molecule has 0 saturated heterocycles. The van der Waals surface area contributed by atoms with Gasteiger partial charge in [0.15, 0.2) is 0 Å². The minimum atomic E-state index is -0.367. The number of hydrogen-bond acceptors (Lipinski definition) is 3. The topological polar surface area (TPSA) is 49.9 Å². The van der Waals surface area contributed by atoms with E-state index in [-0.39, 0.29) is 18.5 Å². The number of esters is 1. The van der Waals surface area contributed by atoms with Gasteiger partial charge < -0.3 is 14.5 Å². The van der Waals surface area contributed by atoms with Crippen molar-refractivity contribution in [2.75, 3.05) is 32.8 Å². The molecule has 0 aromatic rings. The van der Waals surface area contributed by atoms with Gasteiger partial charge in [-0.15, -0.1) is 13.2 Å². The first kappa shape index (κ1) is 18.3. The third-order valence-corrected chi connectivity index (χ3v) is 3.50. The zero-order valence-corrected chi connectivity index (χ0v) is 13.6. The van der Waals surface area contributed by atoms with Gasteiger partial charge in [-0.05, 0) is 25.2 Å². The maximum absolute atomic E-state index is 12.6. The molecule has 1 aliphatic rings. The largest absolute Gasteiger partial charge is 0.464 e. The molecule has 0 N–H and O–H groups in total. The molecular formula is C17H28N2O3. The molecule has 0 unspecified atom stereocenters. The van der Waals surface area contributed by atoms with Crippen LogP contribution in [0.25, 0.3) is 0 Å². The first-order valence-corrected chi connectivity index (χ1v) is 8.03. The number of carbonyl (C=O) groups excluding carboxylic acids is 2. The Bertz CT molecular complexity index is 391. The molecule has 5 nitrogen and oxygen atoms in total. The van der Waals surface area contributed by atoms with E-state index in [4.69, 9.17) is 4.74 Å². The van der Waals surface area contributed by atoms with Crippen LogP contribution < -0.4 is 0 Å². The molecule has 1 rings (SSSR count). The van der Waals surface area contributed by atoms with E-state index in [1.807, 2.05) is 6.92 Å². The van der Waals surface area contributed by atoms with Gasteiger partial charge in [-0.1, -0.05) is 25.5 Å². The zero-order chi connectivity index (χ0) is 16.4. The van der Waals surface area contributed by atoms with Gasteiger partial charge in [-0.3, -0.25) is 4.79 Å². The van der Waals surface area contributed by atoms with Gasteiger partial charge in [0.05, 0.1) is 6.61 Å². The van der Waals surface area contributed by atoms with Crippen LogP contribution in [0.3, 0.4) is 0 Å². The lowest BCUT2D eigenvalue weighted by atomic mass is 10.3. The number of rotatable bonds is 11. The van der Waals surface area contributed by atoms with E-state index in [0.717, 1.165) is 19.4 Å². The Morgan fingerprint density at radius 3 is 2.36 bits per heavy atom. The number of ether oxygens (including phenoxy) is 1. The summed E-state index contributed by atoms with van der Waals surface area (Å²) in [5.41, 5.74) is 0. The van der Waals surface area contributed by atoms with E-state index >= 15 is 0 Å². The average Bonchev–Trinajstić information content (AvgIpc) is 3.30. The molecule has 5 heteroatoms. The summed E-state index contributed by atoms with van der Waals surface area (Å²) in [5.74, 6) is 0.222. The van der Waals surface area contributed by atoms with Crippen LogP contribution in [-0.4, -0.2) is 54.6 Å². The van der Waals surface area contributed by atoms with Gasteiger partial charge in [0, 0.05) is 19.6 Å². The zero-order valence-electron chi connectivity index (χ0n) is 13.6. The average molecular weight is 308 g/mol. The molecule has 0 atom stereocenters. The Kier molecular flexibility index (Phi) is 8.33. The van der Waals surface area contributed by atoms with E-state index in [1.165, 1.54) is 17.7 Å². The molecule has 0 spiro atoms. The predicted molar refractivity (Wildman–Crippen MR) is 87.5 cm³/mol. The second kappa shape index (κ2) is 10.0. The standard InChI is InChI=1S/C17H28N2O3/c1-4-7-12-22-16(20)14-19(11-6-3)17(21)18(10-5-2)13-15-8-9-15/h5-6,15H,2-4,7-14H2,1H3. The molecule has 124 valence electrons. The molecule has 0 radical (unpaired) electrons. The molecule has 0 aromatic heterocycles. The highest BCUT2D eigenvalue weighted by Gasteiger charge is 2.29. The molecule has 1 saturated carbocycles. The van der Waals surface area contributed by atoms with Crippen molar-refractivity contribution in [3.05, 3.63) is 25.3 Å². The second-order valence-electron chi connectivity index (χ2n) is 5.66. The molecule has 1 fully saturated rings. The summed E-state index contributed by atoms with van der Waals surface area (Å²) in [5, 5.41) is 0. The van der Waals surface area contributed by atoms with Gasteiger partial charge in [-0.2, -0.15) is 0 Å². The van der Waals surface area contributed by atoms with Gasteiger partial charge in [0.25, 0.3) is 0 Å². The van der Waals surface area contributed by atoms with Gasteiger partial charge in [0.2, 0.25) is 0 Å². The molecule has 1 aliphatic carbocycles. The van der Waals surface area contributed by atoms with Crippen molar-refractivity contribution in [3.63, 3.8) is 0 Å². The Labute approximate surface area is 133 Å². The van der Waals surface area contributed by atoms with Crippen molar-refractivity contribution in [1.29, 1.82) is 0 Å². The van der Waals surface area contributed by atoms with Crippen LogP contribution in [0.2, 0.25) is 0 Å². The Balaban J connectivity index is 2.57. The van der Waals surface area contributed by atoms with Gasteiger partial charge in [0.1, 0.15) is 6.54 Å². The third kappa shape index (κ3) is 6.78. The first-order valence-electron chi connectivity index (χ1n) is 8.03. The lowest BCUT2D eigenvalue weighted by Gasteiger charge is -2.29. The summed E-state index contributed by atoms with van der Waals surface area (Å²) in [6.07, 6.45) is 7.48. The summed E-state index contributed by atoms with van der Waals surface area (Å²) >= 11 is 0. The van der Waals surface area contributed by atoms with Crippen molar-refractivity contribution in [2.45, 2.75) is 32.6 Å². The number of amides is 2. The van der Waals surface area contributed by atoms with E-state index in [2.05, 4.69) is 13.2 Å². The van der Waals surface area contributed by atoms with Crippen LogP contribution in [-0.2, 0) is 9.53 Å². The number of urea groups is 1. The van der Waals surface area contributed by atoms with Crippen LogP contribution in [0.4, 0.5) is 4.79 Å². The van der Waals surface area contributed by atoms with Crippen LogP contribution in [0.1, 0.15) is 32.6 Å². The number of nitrogens with zero attached hydrogens (tertiary/aromatic N) is 2. The highest BCUT2D eigenvalue weighted by molar-refractivity contribution is 5.81. The van der Waals surface area contributed by atoms with Crippen LogP contribution in [0.15, 0.2) is 25.3 Å². The van der Waals surface area contributed by atoms with E-state index < -0.39 is 0 Å². The monoisotopic (exact) mass is 308 g/mol. The fraction of sp³-hybridized carbons (Fsp3) is 0.647. The summed E-state index contributed by atoms with van der Waals surface area (Å²) in [6, 6.07) is -0.154. The van der Waals surface area contributed by atoms with Gasteiger partial charge in [-0.25, -0.2) is 4.79 Å². The molecule has 22 heavy (non-hydrogen) atoms. The van der Waals surface area contributed by atoms with Crippen LogP contribution in [0.5, 0.6) is 0 Å². The fourth-order valence-electron chi connectivity index (χ4n) is 2.10. The Morgan fingerprint density at radius 2 is 1.82 bits per heavy atom. The lowest BCUT2D eigenvalue weighted by molar-refractivity contribution is -0.144. The number of hydrogen-bond donors (Lipinski definition) is 0. The molecule has 0 heterocycles. The summed E-state index contributed by atoms with van der Waals surface area (Å²) < 4.78 is 5.14. The minimum absolute atomic E-state index is 0.0348. The number of carbonyl (C=O) groups is 2. The molecule has 0 aliphatic heterocycles. The summed E-state index contributed by atoms with van der Waals surface area (Å²) in [6.45, 7) is 11.3. The van der Waals surface area contributed by atoms with Crippen molar-refractivity contribution in [2.24, 2.45) is 5.92 Å². The smallest absolute Gasteiger partial charge is 0.325 e. The predicted octanol–water partition coefficient (Wildman–Crippen LogP) is 2.84. The Morgan fingerprint density at radius 1 is 1.18 bits per heavy atom. The van der Waals surface area contributed by atoms with E-state index in [9.17, 15) is 9.59 Å². The van der Waals surface area contributed by atoms with Crippen LogP contribution >= 0.6 is 0 Å². The highest BCUT2D eigenvalue weighted by Crippen LogP contribution is 2.30. The maximum atomic E-state index is 12.6. The molecule has 0 aromatic carbocycles. The third-order valence-electron chi connectivity index (χ3n) is 3.50. The fourth-order valence-corrected chi connectivity index (χ4v) is 2.10. The van der Waals surface area contributed by atoms with Gasteiger partial charge >= 0.3 is 12.0 Å². The minimum Gasteiger partial charge on any atom is -0.464 e. The second-order valence-corrected chi connectivity index (χ2v) is 5.66. The van der Waals surface area contributed by atoms with E-state index in [1.54, 1.807) is 17.1 Å². The van der Waals surface area contributed by atoms with Crippen molar-refractivity contribution in [1.82, 2.24) is 9.80 Å². The molecule has 2 amide bonds.